The summed E-state index contributed by atoms with van der Waals surface area (Å²) in [6.45, 7) is 6.60. The number of hydrogen-bond acceptors (Lipinski definition) is 33. The zero-order valence-electron chi connectivity index (χ0n) is 76.9. The van der Waals surface area contributed by atoms with E-state index in [2.05, 4.69) is 67.5 Å². The van der Waals surface area contributed by atoms with Crippen LogP contribution < -0.4 is 34.7 Å². The Morgan fingerprint density at radius 2 is 0.766 bits per heavy atom. The molecule has 0 amide bonds. The standard InChI is InChI=1S/C31H33F3N6O6S.C28H29F3N6O6S.C23H27F3N6O6S.C8H6.CH3O.Na/c1-16-25(14-45-17(2)41)46-31(30(43-3)28(16)40-12-23(36-38-40)19-9-20(32)27(34)21(33)10-19)47-26-15-44-13-24(29(26)42)39-11-22(35-37-39)18-7-5-4-6-8-18;1-41-27-24(37-10-19(33-35-37)15-7-16(29)23(31)17(30)8-15)26(40)21(11-38)43-28(27)44-22-13-42-12-20(25(22)39)36-9-18(32-34-36)14-5-3-2-4-6-14;1-10-17(8-37-11(2)33)38-23(39-18-9-36-7-16(21(18)34)28-30-27)22(35-3)20(10)32-6-15(29-31-32)12-4-13(24)19(26)14(25)5-12;1-2-8-6-4-3-5-7-8;1-2;/h4-12,16,24-26,28-31,42H,13-15H2,1-3H3;2-10,20-22,24-28,38-40H,11-13H2,1H3;4-6,10,16-18,20-23,34H,7-9H2,1-3H3;1,3-7H;1H3;/q;;;;-1;+1. The molecule has 141 heavy (non-hydrogen) atoms. The molecular formula is C91H98F9N18NaO19S3. The molecule has 0 spiro atoms. The van der Waals surface area contributed by atoms with Crippen LogP contribution in [0.2, 0.25) is 0 Å². The monoisotopic (exact) mass is 2040 g/mol. The van der Waals surface area contributed by atoms with Crippen molar-refractivity contribution in [3.05, 3.63) is 227 Å². The van der Waals surface area contributed by atoms with Crippen LogP contribution in [0.1, 0.15) is 63.5 Å². The minimum absolute atomic E-state index is 0. The molecule has 0 aliphatic carbocycles. The van der Waals surface area contributed by atoms with E-state index in [0.29, 0.717) is 11.4 Å². The average Bonchev–Trinajstić information content (AvgIpc) is 1.36. The summed E-state index contributed by atoms with van der Waals surface area (Å²) in [7, 11) is 5.13. The number of esters is 2. The van der Waals surface area contributed by atoms with E-state index >= 15 is 0 Å². The molecule has 0 saturated carbocycles. The normalized spacial score (nSPS) is 27.4. The maximum Gasteiger partial charge on any atom is 1.00 e. The van der Waals surface area contributed by atoms with Crippen LogP contribution in [-0.4, -0.2) is 299 Å². The van der Waals surface area contributed by atoms with Crippen LogP contribution in [-0.2, 0) is 61.7 Å². The predicted molar refractivity (Wildman–Crippen MR) is 483 cm³/mol. The number of aromatic nitrogens is 15. The Labute approximate surface area is 835 Å². The molecule has 6 fully saturated rings. The summed E-state index contributed by atoms with van der Waals surface area (Å²) >= 11 is 3.72. The number of thioether (sulfide) groups is 3. The largest absolute Gasteiger partial charge is 1.00 e. The molecule has 748 valence electrons. The molecule has 24 unspecified atom stereocenters. The van der Waals surface area contributed by atoms with Crippen molar-refractivity contribution >= 4 is 47.2 Å². The number of benzene rings is 6. The first kappa shape index (κ1) is 109. The number of methoxy groups -OCH3 is 3. The van der Waals surface area contributed by atoms with Gasteiger partial charge in [-0.25, -0.2) is 62.9 Å². The summed E-state index contributed by atoms with van der Waals surface area (Å²) in [5.74, 6) is -12.2. The second-order valence-corrected chi connectivity index (χ2v) is 36.7. The number of hydrogen-bond donors (Lipinski definition) is 5. The van der Waals surface area contributed by atoms with Gasteiger partial charge in [0.15, 0.2) is 52.4 Å². The molecule has 24 atom stereocenters. The Balaban J connectivity index is 0.000000180. The number of carbonyl (C=O) groups is 2. The SMILES string of the molecule is C#Cc1ccccc1.COC1C(SC2COCC(N=[N+]=[N-])C2O)OC(COC(C)=O)C(C)C1n1cc(-c2cc(F)c(F)c(F)c2)nn1.COC1C(SC2COCC(n3cc(-c4ccccc4)nn3)C2O)OC(CO)C(O)C1n1cc(-c2cc(F)c(F)c(F)c2)nn1.COC1C(SC2COCC(n3cc(-c4ccccc4)nn3)C2O)OC(COC(C)=O)C(C)C1n1cc(-c2cc(F)c(F)c(F)c2)nn1.C[O-].[Na+]. The minimum atomic E-state index is -1.61. The Hall–Kier alpha value is -10.4. The molecule has 17 rings (SSSR count). The molecule has 50 heteroatoms. The van der Waals surface area contributed by atoms with Crippen LogP contribution in [0.3, 0.4) is 0 Å². The second kappa shape index (κ2) is 51.2. The number of azide groups is 1. The van der Waals surface area contributed by atoms with Gasteiger partial charge in [-0.3, -0.25) is 9.59 Å². The number of terminal acetylenes is 1. The maximum atomic E-state index is 14.0. The summed E-state index contributed by atoms with van der Waals surface area (Å²) in [6, 6.07) is 29.6. The molecule has 6 saturated heterocycles. The van der Waals surface area contributed by atoms with Crippen molar-refractivity contribution in [1.29, 1.82) is 0 Å². The predicted octanol–water partition coefficient (Wildman–Crippen LogP) is 6.49. The van der Waals surface area contributed by atoms with E-state index < -0.39 is 200 Å². The van der Waals surface area contributed by atoms with Crippen molar-refractivity contribution in [2.75, 3.05) is 87.9 Å². The van der Waals surface area contributed by atoms with Crippen LogP contribution in [0.15, 0.2) is 163 Å². The van der Waals surface area contributed by atoms with Gasteiger partial charge in [0.1, 0.15) is 107 Å². The number of ether oxygens (including phenoxy) is 11. The molecule has 11 aromatic rings. The van der Waals surface area contributed by atoms with Gasteiger partial charge in [-0.2, -0.15) is 7.11 Å². The molecule has 5 N–H and O–H groups in total. The molecule has 0 radical (unpaired) electrons. The van der Waals surface area contributed by atoms with Gasteiger partial charge in [0.05, 0.1) is 142 Å². The third kappa shape index (κ3) is 26.3. The van der Waals surface area contributed by atoms with Crippen molar-refractivity contribution in [2.45, 2.75) is 157 Å². The molecule has 0 bridgehead atoms. The van der Waals surface area contributed by atoms with Crippen LogP contribution in [0.4, 0.5) is 39.5 Å². The molecular weight excluding hydrogens is 1940 g/mol. The van der Waals surface area contributed by atoms with Gasteiger partial charge in [0.2, 0.25) is 0 Å². The average molecular weight is 2040 g/mol. The van der Waals surface area contributed by atoms with Gasteiger partial charge in [0.25, 0.3) is 0 Å². The Morgan fingerprint density at radius 1 is 0.461 bits per heavy atom. The first-order valence-corrected chi connectivity index (χ1v) is 46.3. The first-order valence-electron chi connectivity index (χ1n) is 43.5. The number of rotatable bonds is 25. The zero-order chi connectivity index (χ0) is 100. The van der Waals surface area contributed by atoms with Crippen LogP contribution >= 0.6 is 35.3 Å². The summed E-state index contributed by atoms with van der Waals surface area (Å²) in [4.78, 5) is 26.0. The Morgan fingerprint density at radius 3 is 1.09 bits per heavy atom. The van der Waals surface area contributed by atoms with E-state index in [0.717, 1.165) is 60.2 Å². The van der Waals surface area contributed by atoms with Gasteiger partial charge in [-0.05, 0) is 54.1 Å². The van der Waals surface area contributed by atoms with Gasteiger partial charge in [-0.15, -0.1) is 67.2 Å². The number of aliphatic hydroxyl groups excluding tert-OH is 5. The summed E-state index contributed by atoms with van der Waals surface area (Å²) < 4.78 is 195. The van der Waals surface area contributed by atoms with Crippen molar-refractivity contribution in [2.24, 2.45) is 17.0 Å². The molecule has 5 aromatic heterocycles. The van der Waals surface area contributed by atoms with E-state index in [1.54, 1.807) is 21.8 Å². The number of aliphatic hydroxyl groups is 5. The molecule has 37 nitrogen and oxygen atoms in total. The summed E-state index contributed by atoms with van der Waals surface area (Å²) in [5.41, 5.74) is 10.7. The van der Waals surface area contributed by atoms with Gasteiger partial charge >= 0.3 is 41.5 Å². The molecule has 6 aliphatic heterocycles. The van der Waals surface area contributed by atoms with Crippen LogP contribution in [0.5, 0.6) is 0 Å². The summed E-state index contributed by atoms with van der Waals surface area (Å²) in [5, 5.41) is 107. The number of carbonyl (C=O) groups excluding carboxylic acids is 2. The van der Waals surface area contributed by atoms with E-state index in [-0.39, 0.29) is 128 Å². The van der Waals surface area contributed by atoms with E-state index in [9.17, 15) is 74.6 Å². The fourth-order valence-corrected chi connectivity index (χ4v) is 21.0. The Kier molecular flexibility index (Phi) is 39.8. The Bertz CT molecular complexity index is 5950. The fourth-order valence-electron chi connectivity index (χ4n) is 16.5. The van der Waals surface area contributed by atoms with E-state index in [4.69, 9.17) is 69.2 Å². The van der Waals surface area contributed by atoms with Crippen molar-refractivity contribution in [3.63, 3.8) is 0 Å². The van der Waals surface area contributed by atoms with Crippen LogP contribution in [0, 0.1) is 76.5 Å². The van der Waals surface area contributed by atoms with Crippen LogP contribution in [0.25, 0.3) is 66.7 Å². The maximum absolute atomic E-state index is 14.0. The second-order valence-electron chi connectivity index (χ2n) is 32.6. The van der Waals surface area contributed by atoms with Crippen molar-refractivity contribution in [3.8, 4) is 68.6 Å². The third-order valence-corrected chi connectivity index (χ3v) is 28.1. The van der Waals surface area contributed by atoms with Crippen molar-refractivity contribution < 1.29 is 161 Å². The zero-order valence-corrected chi connectivity index (χ0v) is 81.4. The quantitative estimate of drug-likeness (QED) is 0.00596. The minimum Gasteiger partial charge on any atom is -0.857 e. The summed E-state index contributed by atoms with van der Waals surface area (Å²) in [6.07, 6.45) is 4.08. The first-order chi connectivity index (χ1) is 67.5. The van der Waals surface area contributed by atoms with E-state index in [1.807, 2.05) is 105 Å². The molecule has 6 aliphatic rings. The van der Waals surface area contributed by atoms with E-state index in [1.165, 1.54) is 103 Å². The molecule has 11 heterocycles. The smallest absolute Gasteiger partial charge is 0.857 e. The molecule has 6 aromatic carbocycles. The van der Waals surface area contributed by atoms with Gasteiger partial charge in [0, 0.05) is 85.3 Å². The number of nitrogens with zero attached hydrogens (tertiary/aromatic N) is 18. The topological polar surface area (TPSA) is 462 Å². The van der Waals surface area contributed by atoms with Gasteiger partial charge in [-0.1, -0.05) is 130 Å². The van der Waals surface area contributed by atoms with Gasteiger partial charge < -0.3 is 82.7 Å². The fraction of sp³-hybridized carbons (Fsp3) is 0.451. The van der Waals surface area contributed by atoms with Crippen molar-refractivity contribution in [1.82, 2.24) is 75.0 Å². The third-order valence-electron chi connectivity index (χ3n) is 23.9. The number of halogens is 9.